The molecular formula is C20H24N2O4. The fourth-order valence-electron chi connectivity index (χ4n) is 2.29. The minimum absolute atomic E-state index is 0.0964. The van der Waals surface area contributed by atoms with Gasteiger partial charge in [-0.15, -0.1) is 0 Å². The van der Waals surface area contributed by atoms with E-state index < -0.39 is 5.97 Å². The second-order valence-electron chi connectivity index (χ2n) is 5.80. The van der Waals surface area contributed by atoms with E-state index in [0.717, 1.165) is 23.4 Å². The minimum Gasteiger partial charge on any atom is -0.494 e. The van der Waals surface area contributed by atoms with Gasteiger partial charge in [0.1, 0.15) is 5.75 Å². The molecule has 2 N–H and O–H groups in total. The summed E-state index contributed by atoms with van der Waals surface area (Å²) in [5.74, 6) is 0.108. The average Bonchev–Trinajstić information content (AvgIpc) is 2.66. The van der Waals surface area contributed by atoms with Crippen LogP contribution in [-0.2, 0) is 9.53 Å². The fraction of sp³-hybridized carbons (Fsp3) is 0.300. The molecule has 0 bridgehead atoms. The lowest BCUT2D eigenvalue weighted by Gasteiger charge is -2.12. The smallest absolute Gasteiger partial charge is 0.337 e. The lowest BCUT2D eigenvalue weighted by Crippen LogP contribution is -2.22. The normalized spacial score (nSPS) is 10.1. The number of ether oxygens (including phenoxy) is 2. The Balaban J connectivity index is 1.96. The molecule has 0 saturated carbocycles. The summed E-state index contributed by atoms with van der Waals surface area (Å²) in [7, 11) is 1.32. The van der Waals surface area contributed by atoms with Crippen LogP contribution >= 0.6 is 0 Å². The number of amides is 1. The molecule has 0 aliphatic heterocycles. The average molecular weight is 356 g/mol. The summed E-state index contributed by atoms with van der Waals surface area (Å²) >= 11 is 0. The van der Waals surface area contributed by atoms with Crippen molar-refractivity contribution in [1.29, 1.82) is 0 Å². The van der Waals surface area contributed by atoms with Gasteiger partial charge in [0.25, 0.3) is 0 Å². The molecule has 1 amide bonds. The quantitative estimate of drug-likeness (QED) is 0.707. The van der Waals surface area contributed by atoms with Gasteiger partial charge in [-0.3, -0.25) is 4.79 Å². The van der Waals surface area contributed by atoms with Gasteiger partial charge in [0, 0.05) is 17.4 Å². The second-order valence-corrected chi connectivity index (χ2v) is 5.80. The molecule has 26 heavy (non-hydrogen) atoms. The van der Waals surface area contributed by atoms with Crippen LogP contribution in [0.1, 0.15) is 29.3 Å². The van der Waals surface area contributed by atoms with Crippen molar-refractivity contribution in [3.05, 3.63) is 53.6 Å². The molecule has 0 atom stereocenters. The largest absolute Gasteiger partial charge is 0.494 e. The van der Waals surface area contributed by atoms with E-state index in [1.807, 2.05) is 38.1 Å². The third kappa shape index (κ3) is 5.51. The van der Waals surface area contributed by atoms with Crippen molar-refractivity contribution in [2.24, 2.45) is 0 Å². The number of rotatable bonds is 8. The molecule has 6 nitrogen and oxygen atoms in total. The summed E-state index contributed by atoms with van der Waals surface area (Å²) in [6.07, 6.45) is 0.935. The first-order valence-electron chi connectivity index (χ1n) is 8.49. The lowest BCUT2D eigenvalue weighted by molar-refractivity contribution is -0.114. The summed E-state index contributed by atoms with van der Waals surface area (Å²) in [6, 6.07) is 12.5. The van der Waals surface area contributed by atoms with Gasteiger partial charge < -0.3 is 20.1 Å². The number of anilines is 2. The Morgan fingerprint density at radius 2 is 1.92 bits per heavy atom. The van der Waals surface area contributed by atoms with E-state index >= 15 is 0 Å². The minimum atomic E-state index is -0.442. The van der Waals surface area contributed by atoms with Crippen molar-refractivity contribution in [2.45, 2.75) is 20.3 Å². The van der Waals surface area contributed by atoms with Gasteiger partial charge in [0.05, 0.1) is 25.8 Å². The first-order valence-corrected chi connectivity index (χ1v) is 8.49. The molecule has 2 aromatic rings. The van der Waals surface area contributed by atoms with Gasteiger partial charge in [-0.1, -0.05) is 19.1 Å². The molecular weight excluding hydrogens is 332 g/mol. The molecule has 0 saturated heterocycles. The molecule has 0 radical (unpaired) electrons. The van der Waals surface area contributed by atoms with Crippen LogP contribution in [0.4, 0.5) is 11.4 Å². The van der Waals surface area contributed by atoms with Gasteiger partial charge in [-0.25, -0.2) is 4.79 Å². The Hall–Kier alpha value is -3.02. The zero-order chi connectivity index (χ0) is 18.9. The first kappa shape index (κ1) is 19.3. The van der Waals surface area contributed by atoms with Crippen molar-refractivity contribution in [3.63, 3.8) is 0 Å². The van der Waals surface area contributed by atoms with Crippen molar-refractivity contribution in [1.82, 2.24) is 0 Å². The third-order valence-electron chi connectivity index (χ3n) is 3.69. The molecule has 2 aromatic carbocycles. The van der Waals surface area contributed by atoms with Crippen LogP contribution in [0.2, 0.25) is 0 Å². The zero-order valence-corrected chi connectivity index (χ0v) is 15.3. The molecule has 0 spiro atoms. The van der Waals surface area contributed by atoms with Gasteiger partial charge in [0.2, 0.25) is 5.91 Å². The number of hydrogen-bond donors (Lipinski definition) is 2. The maximum Gasteiger partial charge on any atom is 0.337 e. The Morgan fingerprint density at radius 1 is 1.12 bits per heavy atom. The standard InChI is InChI=1S/C20H24N2O4/c1-4-10-26-17-7-5-6-16(12-17)21-13-19(23)22-18-11-15(20(24)25-3)9-8-14(18)2/h5-9,11-12,21H,4,10,13H2,1-3H3,(H,22,23). The van der Waals surface area contributed by atoms with Gasteiger partial charge in [-0.2, -0.15) is 0 Å². The van der Waals surface area contributed by atoms with Crippen LogP contribution in [0.15, 0.2) is 42.5 Å². The highest BCUT2D eigenvalue weighted by Crippen LogP contribution is 2.19. The van der Waals surface area contributed by atoms with E-state index in [1.54, 1.807) is 18.2 Å². The van der Waals surface area contributed by atoms with Gasteiger partial charge >= 0.3 is 5.97 Å². The number of aryl methyl sites for hydroxylation is 1. The number of carbonyl (C=O) groups is 2. The van der Waals surface area contributed by atoms with Crippen molar-refractivity contribution in [2.75, 3.05) is 30.9 Å². The molecule has 138 valence electrons. The van der Waals surface area contributed by atoms with Crippen molar-refractivity contribution < 1.29 is 19.1 Å². The van der Waals surface area contributed by atoms with Crippen molar-refractivity contribution >= 4 is 23.3 Å². The Bertz CT molecular complexity index is 774. The van der Waals surface area contributed by atoms with Crippen LogP contribution in [0, 0.1) is 6.92 Å². The predicted octanol–water partition coefficient (Wildman–Crippen LogP) is 3.62. The van der Waals surface area contributed by atoms with Crippen LogP contribution in [0.3, 0.4) is 0 Å². The van der Waals surface area contributed by atoms with Crippen LogP contribution in [0.5, 0.6) is 5.75 Å². The van der Waals surface area contributed by atoms with E-state index in [1.165, 1.54) is 7.11 Å². The maximum absolute atomic E-state index is 12.2. The lowest BCUT2D eigenvalue weighted by atomic mass is 10.1. The molecule has 0 aromatic heterocycles. The van der Waals surface area contributed by atoms with E-state index in [9.17, 15) is 9.59 Å². The Kier molecular flexibility index (Phi) is 7.02. The van der Waals surface area contributed by atoms with E-state index in [4.69, 9.17) is 9.47 Å². The summed E-state index contributed by atoms with van der Waals surface area (Å²) in [6.45, 7) is 4.65. The number of hydrogen-bond acceptors (Lipinski definition) is 5. The Labute approximate surface area is 153 Å². The van der Waals surface area contributed by atoms with Gasteiger partial charge in [0.15, 0.2) is 0 Å². The predicted molar refractivity (Wildman–Crippen MR) is 102 cm³/mol. The first-order chi connectivity index (χ1) is 12.5. The highest BCUT2D eigenvalue weighted by molar-refractivity contribution is 5.97. The highest BCUT2D eigenvalue weighted by Gasteiger charge is 2.10. The van der Waals surface area contributed by atoms with E-state index in [-0.39, 0.29) is 12.5 Å². The molecule has 0 aliphatic rings. The van der Waals surface area contributed by atoms with Crippen LogP contribution in [0.25, 0.3) is 0 Å². The second kappa shape index (κ2) is 9.46. The van der Waals surface area contributed by atoms with Crippen LogP contribution in [-0.4, -0.2) is 32.1 Å². The fourth-order valence-corrected chi connectivity index (χ4v) is 2.29. The van der Waals surface area contributed by atoms with E-state index in [0.29, 0.717) is 17.9 Å². The molecule has 0 fully saturated rings. The monoisotopic (exact) mass is 356 g/mol. The Morgan fingerprint density at radius 3 is 2.65 bits per heavy atom. The summed E-state index contributed by atoms with van der Waals surface area (Å²) in [5, 5.41) is 5.87. The molecule has 0 heterocycles. The summed E-state index contributed by atoms with van der Waals surface area (Å²) in [5.41, 5.74) is 2.64. The maximum atomic E-state index is 12.2. The zero-order valence-electron chi connectivity index (χ0n) is 15.3. The third-order valence-corrected chi connectivity index (χ3v) is 3.69. The van der Waals surface area contributed by atoms with Crippen LogP contribution < -0.4 is 15.4 Å². The number of methoxy groups -OCH3 is 1. The molecule has 0 aliphatic carbocycles. The number of benzene rings is 2. The SMILES string of the molecule is CCCOc1cccc(NCC(=O)Nc2cc(C(=O)OC)ccc2C)c1. The molecule has 0 unspecified atom stereocenters. The summed E-state index contributed by atoms with van der Waals surface area (Å²) in [4.78, 5) is 23.8. The van der Waals surface area contributed by atoms with Gasteiger partial charge in [-0.05, 0) is 43.2 Å². The highest BCUT2D eigenvalue weighted by atomic mass is 16.5. The molecule has 2 rings (SSSR count). The number of nitrogens with one attached hydrogen (secondary N) is 2. The number of carbonyl (C=O) groups excluding carboxylic acids is 2. The number of esters is 1. The van der Waals surface area contributed by atoms with E-state index in [2.05, 4.69) is 10.6 Å². The topological polar surface area (TPSA) is 76.7 Å². The molecule has 6 heteroatoms. The van der Waals surface area contributed by atoms with Crippen molar-refractivity contribution in [3.8, 4) is 5.75 Å². The summed E-state index contributed by atoms with van der Waals surface area (Å²) < 4.78 is 10.3.